The van der Waals surface area contributed by atoms with Gasteiger partial charge >= 0.3 is 5.97 Å². The summed E-state index contributed by atoms with van der Waals surface area (Å²) in [6, 6.07) is 9.62. The standard InChI is InChI=1S/C22H24N4O3S2.ClH/c1-2-29-21(28)19-16(15-9-5-3-6-10-15)13-30-20(19)23-18(27)14-31-22-25-24-17-11-7-4-8-12-26(17)22;/h3,5-6,9-10,13H,2,4,7-8,11-12,14H2,1H3,(H,23,27);1H. The molecule has 0 bridgehead atoms. The number of nitrogens with zero attached hydrogens (tertiary/aromatic N) is 3. The van der Waals surface area contributed by atoms with Gasteiger partial charge in [0.1, 0.15) is 16.4 Å². The lowest BCUT2D eigenvalue weighted by atomic mass is 10.0. The summed E-state index contributed by atoms with van der Waals surface area (Å²) in [7, 11) is 0. The van der Waals surface area contributed by atoms with Crippen molar-refractivity contribution in [2.75, 3.05) is 17.7 Å². The van der Waals surface area contributed by atoms with Crippen LogP contribution in [0.25, 0.3) is 11.1 Å². The maximum absolute atomic E-state index is 12.7. The summed E-state index contributed by atoms with van der Waals surface area (Å²) in [6.45, 7) is 2.93. The Kier molecular flexibility index (Phi) is 8.72. The third-order valence-electron chi connectivity index (χ3n) is 5.02. The number of amides is 1. The molecular formula is C22H25ClN4O3S2. The van der Waals surface area contributed by atoms with Gasteiger partial charge in [0.2, 0.25) is 5.91 Å². The Labute approximate surface area is 201 Å². The summed E-state index contributed by atoms with van der Waals surface area (Å²) in [4.78, 5) is 25.3. The van der Waals surface area contributed by atoms with E-state index >= 15 is 0 Å². The Bertz CT molecular complexity index is 1070. The molecule has 1 amide bonds. The van der Waals surface area contributed by atoms with Crippen LogP contribution in [0.1, 0.15) is 42.4 Å². The number of carbonyl (C=O) groups excluding carboxylic acids is 2. The summed E-state index contributed by atoms with van der Waals surface area (Å²) in [5.41, 5.74) is 2.06. The number of halogens is 1. The SMILES string of the molecule is CCOC(=O)c1c(-c2ccccc2)csc1NC(=O)CSc1nnc2n1CCCCC2.Cl. The van der Waals surface area contributed by atoms with Gasteiger partial charge in [-0.25, -0.2) is 4.79 Å². The van der Waals surface area contributed by atoms with Crippen LogP contribution in [-0.2, 0) is 22.5 Å². The molecule has 3 aromatic rings. The number of thioether (sulfide) groups is 1. The highest BCUT2D eigenvalue weighted by Gasteiger charge is 2.23. The second kappa shape index (κ2) is 11.5. The van der Waals surface area contributed by atoms with E-state index in [1.54, 1.807) is 6.92 Å². The van der Waals surface area contributed by atoms with E-state index in [0.29, 0.717) is 10.6 Å². The molecule has 1 aliphatic heterocycles. The van der Waals surface area contributed by atoms with Gasteiger partial charge in [0.05, 0.1) is 12.4 Å². The van der Waals surface area contributed by atoms with Crippen molar-refractivity contribution in [1.82, 2.24) is 14.8 Å². The molecule has 7 nitrogen and oxygen atoms in total. The number of aryl methyl sites for hydroxylation is 1. The van der Waals surface area contributed by atoms with Crippen LogP contribution < -0.4 is 5.32 Å². The van der Waals surface area contributed by atoms with Crippen LogP contribution in [0, 0.1) is 0 Å². The Hall–Kier alpha value is -2.36. The fourth-order valence-electron chi connectivity index (χ4n) is 3.54. The Balaban J connectivity index is 0.00000289. The molecule has 1 N–H and O–H groups in total. The van der Waals surface area contributed by atoms with Gasteiger partial charge in [-0.2, -0.15) is 0 Å². The van der Waals surface area contributed by atoms with E-state index < -0.39 is 5.97 Å². The summed E-state index contributed by atoms with van der Waals surface area (Å²) >= 11 is 2.70. The van der Waals surface area contributed by atoms with Gasteiger partial charge < -0.3 is 14.6 Å². The third-order valence-corrected chi connectivity index (χ3v) is 6.88. The fraction of sp³-hybridized carbons (Fsp3) is 0.364. The second-order valence-corrected chi connectivity index (χ2v) is 8.96. The predicted molar refractivity (Wildman–Crippen MR) is 130 cm³/mol. The smallest absolute Gasteiger partial charge is 0.341 e. The molecule has 10 heteroatoms. The van der Waals surface area contributed by atoms with Gasteiger partial charge in [0, 0.05) is 23.9 Å². The molecule has 0 fully saturated rings. The van der Waals surface area contributed by atoms with Gasteiger partial charge in [-0.15, -0.1) is 33.9 Å². The fourth-order valence-corrected chi connectivity index (χ4v) is 5.30. The lowest BCUT2D eigenvalue weighted by Crippen LogP contribution is -2.17. The molecule has 170 valence electrons. The van der Waals surface area contributed by atoms with Crippen molar-refractivity contribution in [3.8, 4) is 11.1 Å². The highest BCUT2D eigenvalue weighted by molar-refractivity contribution is 7.99. The molecule has 0 atom stereocenters. The molecule has 2 aromatic heterocycles. The number of rotatable bonds is 7. The molecule has 0 aliphatic carbocycles. The van der Waals surface area contributed by atoms with E-state index in [0.717, 1.165) is 47.9 Å². The van der Waals surface area contributed by atoms with Crippen molar-refractivity contribution in [3.63, 3.8) is 0 Å². The van der Waals surface area contributed by atoms with Crippen molar-refractivity contribution < 1.29 is 14.3 Å². The topological polar surface area (TPSA) is 86.1 Å². The molecule has 3 heterocycles. The first-order valence-electron chi connectivity index (χ1n) is 10.4. The lowest BCUT2D eigenvalue weighted by Gasteiger charge is -2.09. The zero-order chi connectivity index (χ0) is 21.6. The second-order valence-electron chi connectivity index (χ2n) is 7.14. The minimum Gasteiger partial charge on any atom is -0.462 e. The van der Waals surface area contributed by atoms with Crippen molar-refractivity contribution in [2.45, 2.75) is 44.3 Å². The normalized spacial score (nSPS) is 12.9. The van der Waals surface area contributed by atoms with E-state index in [1.165, 1.54) is 29.5 Å². The first-order chi connectivity index (χ1) is 15.2. The average Bonchev–Trinajstić information content (AvgIpc) is 3.29. The summed E-state index contributed by atoms with van der Waals surface area (Å²) in [6.07, 6.45) is 4.35. The number of hydrogen-bond donors (Lipinski definition) is 1. The minimum absolute atomic E-state index is 0. The highest BCUT2D eigenvalue weighted by atomic mass is 35.5. The highest BCUT2D eigenvalue weighted by Crippen LogP contribution is 2.36. The first kappa shape index (κ1) is 24.3. The molecule has 0 saturated carbocycles. The molecule has 32 heavy (non-hydrogen) atoms. The molecule has 1 aromatic carbocycles. The predicted octanol–water partition coefficient (Wildman–Crippen LogP) is 5.06. The molecule has 0 saturated heterocycles. The number of hydrogen-bond acceptors (Lipinski definition) is 7. The van der Waals surface area contributed by atoms with Gasteiger partial charge in [0.25, 0.3) is 0 Å². The number of nitrogens with one attached hydrogen (secondary N) is 1. The maximum Gasteiger partial charge on any atom is 0.341 e. The van der Waals surface area contributed by atoms with Crippen LogP contribution in [-0.4, -0.2) is 39.0 Å². The molecule has 4 rings (SSSR count). The number of thiophene rings is 1. The van der Waals surface area contributed by atoms with Crippen LogP contribution in [0.5, 0.6) is 0 Å². The summed E-state index contributed by atoms with van der Waals surface area (Å²) in [5, 5.41) is 14.6. The molecule has 1 aliphatic rings. The third kappa shape index (κ3) is 5.51. The maximum atomic E-state index is 12.7. The van der Waals surface area contributed by atoms with Crippen molar-refractivity contribution in [1.29, 1.82) is 0 Å². The van der Waals surface area contributed by atoms with Gasteiger partial charge in [-0.1, -0.05) is 48.5 Å². The Morgan fingerprint density at radius 1 is 1.19 bits per heavy atom. The quantitative estimate of drug-likeness (QED) is 0.366. The van der Waals surface area contributed by atoms with Crippen molar-refractivity contribution in [2.24, 2.45) is 0 Å². The van der Waals surface area contributed by atoms with Gasteiger partial charge in [-0.05, 0) is 25.3 Å². The minimum atomic E-state index is -0.437. The number of benzene rings is 1. The molecule has 0 radical (unpaired) electrons. The van der Waals surface area contributed by atoms with Crippen LogP contribution in [0.15, 0.2) is 40.9 Å². The number of fused-ring (bicyclic) bond motifs is 1. The lowest BCUT2D eigenvalue weighted by molar-refractivity contribution is -0.113. The molecular weight excluding hydrogens is 468 g/mol. The number of carbonyl (C=O) groups is 2. The van der Waals surface area contributed by atoms with E-state index in [-0.39, 0.29) is 30.7 Å². The van der Waals surface area contributed by atoms with Crippen molar-refractivity contribution >= 4 is 52.4 Å². The van der Waals surface area contributed by atoms with Crippen LogP contribution in [0.3, 0.4) is 0 Å². The van der Waals surface area contributed by atoms with E-state index in [1.807, 2.05) is 35.7 Å². The van der Waals surface area contributed by atoms with Crippen LogP contribution >= 0.6 is 35.5 Å². The van der Waals surface area contributed by atoms with Gasteiger partial charge in [-0.3, -0.25) is 4.79 Å². The summed E-state index contributed by atoms with van der Waals surface area (Å²) in [5.74, 6) is 0.561. The van der Waals surface area contributed by atoms with Crippen LogP contribution in [0.2, 0.25) is 0 Å². The Morgan fingerprint density at radius 2 is 2.00 bits per heavy atom. The first-order valence-corrected chi connectivity index (χ1v) is 12.2. The number of anilines is 1. The zero-order valence-electron chi connectivity index (χ0n) is 17.7. The van der Waals surface area contributed by atoms with E-state index in [2.05, 4.69) is 20.1 Å². The van der Waals surface area contributed by atoms with Crippen LogP contribution in [0.4, 0.5) is 5.00 Å². The van der Waals surface area contributed by atoms with E-state index in [9.17, 15) is 9.59 Å². The van der Waals surface area contributed by atoms with Crippen molar-refractivity contribution in [3.05, 3.63) is 47.1 Å². The number of aromatic nitrogens is 3. The average molecular weight is 493 g/mol. The summed E-state index contributed by atoms with van der Waals surface area (Å²) < 4.78 is 7.37. The van der Waals surface area contributed by atoms with E-state index in [4.69, 9.17) is 4.74 Å². The zero-order valence-corrected chi connectivity index (χ0v) is 20.2. The monoisotopic (exact) mass is 492 g/mol. The molecule has 0 unspecified atom stereocenters. The number of ether oxygens (including phenoxy) is 1. The number of esters is 1. The molecule has 0 spiro atoms. The van der Waals surface area contributed by atoms with Gasteiger partial charge in [0.15, 0.2) is 5.16 Å². The largest absolute Gasteiger partial charge is 0.462 e. The Morgan fingerprint density at radius 3 is 2.78 bits per heavy atom.